The quantitative estimate of drug-likeness (QED) is 0.875. The van der Waals surface area contributed by atoms with E-state index in [2.05, 4.69) is 0 Å². The van der Waals surface area contributed by atoms with Gasteiger partial charge >= 0.3 is 5.97 Å². The number of benzene rings is 1. The van der Waals surface area contributed by atoms with Crippen LogP contribution in [0.2, 0.25) is 0 Å². The van der Waals surface area contributed by atoms with Crippen LogP contribution in [-0.4, -0.2) is 41.6 Å². The van der Waals surface area contributed by atoms with Gasteiger partial charge in [0.1, 0.15) is 11.7 Å². The van der Waals surface area contributed by atoms with E-state index in [1.54, 1.807) is 23.1 Å². The van der Waals surface area contributed by atoms with Crippen LogP contribution in [0.5, 0.6) is 5.75 Å². The zero-order valence-electron chi connectivity index (χ0n) is 10.6. The van der Waals surface area contributed by atoms with Crippen LogP contribution in [0.25, 0.3) is 0 Å². The number of hydrogen-bond acceptors (Lipinski definition) is 3. The number of carboxylic acid groups (broad SMARTS) is 1. The molecule has 1 saturated heterocycles. The summed E-state index contributed by atoms with van der Waals surface area (Å²) < 4.78 is 5.12. The standard InChI is InChI=1S/C14H15NO4/c1-19-8-4-5-9-10(7-8)13(16)15-6-2-3-11(15)12(9)14(17)18/h4-5,7,11-12H,2-3,6H2,1H3,(H,17,18)/t11-,12+/m0/s1. The first-order valence-corrected chi connectivity index (χ1v) is 6.35. The summed E-state index contributed by atoms with van der Waals surface area (Å²) in [7, 11) is 1.53. The van der Waals surface area contributed by atoms with E-state index in [4.69, 9.17) is 4.74 Å². The van der Waals surface area contributed by atoms with E-state index < -0.39 is 11.9 Å². The summed E-state index contributed by atoms with van der Waals surface area (Å²) in [6.45, 7) is 0.643. The van der Waals surface area contributed by atoms with Crippen molar-refractivity contribution in [3.63, 3.8) is 0 Å². The van der Waals surface area contributed by atoms with Gasteiger partial charge in [-0.3, -0.25) is 9.59 Å². The van der Waals surface area contributed by atoms with Crippen molar-refractivity contribution in [2.45, 2.75) is 24.8 Å². The molecule has 0 unspecified atom stereocenters. The van der Waals surface area contributed by atoms with Crippen LogP contribution in [0.1, 0.15) is 34.7 Å². The third-order valence-electron chi connectivity index (χ3n) is 4.04. The molecule has 2 aliphatic heterocycles. The van der Waals surface area contributed by atoms with Gasteiger partial charge in [-0.25, -0.2) is 0 Å². The highest BCUT2D eigenvalue weighted by molar-refractivity contribution is 6.00. The average Bonchev–Trinajstić information content (AvgIpc) is 2.87. The van der Waals surface area contributed by atoms with E-state index in [0.717, 1.165) is 12.8 Å². The van der Waals surface area contributed by atoms with E-state index in [1.807, 2.05) is 0 Å². The number of carboxylic acids is 1. The summed E-state index contributed by atoms with van der Waals surface area (Å²) in [6, 6.07) is 4.86. The summed E-state index contributed by atoms with van der Waals surface area (Å²) in [5.74, 6) is -0.986. The van der Waals surface area contributed by atoms with Crippen molar-refractivity contribution < 1.29 is 19.4 Å². The molecule has 19 heavy (non-hydrogen) atoms. The fourth-order valence-corrected chi connectivity index (χ4v) is 3.17. The number of rotatable bonds is 2. The number of ether oxygens (including phenoxy) is 1. The highest BCUT2D eigenvalue weighted by Crippen LogP contribution is 2.40. The van der Waals surface area contributed by atoms with Crippen molar-refractivity contribution in [2.75, 3.05) is 13.7 Å². The summed E-state index contributed by atoms with van der Waals surface area (Å²) in [5.41, 5.74) is 1.08. The molecule has 3 rings (SSSR count). The minimum atomic E-state index is -0.865. The number of nitrogens with zero attached hydrogens (tertiary/aromatic N) is 1. The maximum absolute atomic E-state index is 12.4. The fraction of sp³-hybridized carbons (Fsp3) is 0.429. The number of carbonyl (C=O) groups is 2. The molecule has 1 aromatic rings. The predicted octanol–water partition coefficient (Wildman–Crippen LogP) is 1.48. The van der Waals surface area contributed by atoms with Crippen LogP contribution in [0.15, 0.2) is 18.2 Å². The number of aliphatic carboxylic acids is 1. The first kappa shape index (κ1) is 12.0. The Hall–Kier alpha value is -2.04. The Morgan fingerprint density at radius 1 is 1.47 bits per heavy atom. The second kappa shape index (κ2) is 4.26. The molecule has 2 heterocycles. The van der Waals surface area contributed by atoms with Crippen molar-refractivity contribution in [1.82, 2.24) is 4.90 Å². The van der Waals surface area contributed by atoms with Crippen LogP contribution < -0.4 is 4.74 Å². The number of fused-ring (bicyclic) bond motifs is 2. The molecule has 2 atom stereocenters. The largest absolute Gasteiger partial charge is 0.497 e. The zero-order chi connectivity index (χ0) is 13.6. The van der Waals surface area contributed by atoms with Gasteiger partial charge in [0.25, 0.3) is 5.91 Å². The Morgan fingerprint density at radius 2 is 2.26 bits per heavy atom. The Morgan fingerprint density at radius 3 is 2.95 bits per heavy atom. The topological polar surface area (TPSA) is 66.8 Å². The summed E-state index contributed by atoms with van der Waals surface area (Å²) in [5, 5.41) is 9.48. The minimum absolute atomic E-state index is 0.0751. The molecular formula is C14H15NO4. The minimum Gasteiger partial charge on any atom is -0.497 e. The van der Waals surface area contributed by atoms with Gasteiger partial charge in [0.2, 0.25) is 0 Å². The van der Waals surface area contributed by atoms with Gasteiger partial charge in [-0.1, -0.05) is 6.07 Å². The van der Waals surface area contributed by atoms with Gasteiger partial charge in [0, 0.05) is 18.2 Å². The molecule has 0 radical (unpaired) electrons. The van der Waals surface area contributed by atoms with Gasteiger partial charge < -0.3 is 14.7 Å². The van der Waals surface area contributed by atoms with Crippen LogP contribution in [-0.2, 0) is 4.79 Å². The lowest BCUT2D eigenvalue weighted by Gasteiger charge is -2.35. The van der Waals surface area contributed by atoms with E-state index in [9.17, 15) is 14.7 Å². The van der Waals surface area contributed by atoms with E-state index >= 15 is 0 Å². The van der Waals surface area contributed by atoms with Gasteiger partial charge in [0.15, 0.2) is 0 Å². The number of hydrogen-bond donors (Lipinski definition) is 1. The van der Waals surface area contributed by atoms with Crippen molar-refractivity contribution >= 4 is 11.9 Å². The highest BCUT2D eigenvalue weighted by atomic mass is 16.5. The fourth-order valence-electron chi connectivity index (χ4n) is 3.17. The van der Waals surface area contributed by atoms with E-state index in [0.29, 0.717) is 23.4 Å². The molecular weight excluding hydrogens is 246 g/mol. The SMILES string of the molecule is COc1ccc2c(c1)C(=O)N1CCC[C@H]1[C@@H]2C(=O)O. The lowest BCUT2D eigenvalue weighted by Crippen LogP contribution is -2.46. The molecule has 1 N–H and O–H groups in total. The third-order valence-corrected chi connectivity index (χ3v) is 4.04. The van der Waals surface area contributed by atoms with Gasteiger partial charge in [-0.05, 0) is 30.5 Å². The average molecular weight is 261 g/mol. The molecule has 100 valence electrons. The lowest BCUT2D eigenvalue weighted by molar-refractivity contribution is -0.140. The van der Waals surface area contributed by atoms with Crippen LogP contribution >= 0.6 is 0 Å². The molecule has 2 aliphatic rings. The van der Waals surface area contributed by atoms with Crippen molar-refractivity contribution in [3.8, 4) is 5.75 Å². The maximum Gasteiger partial charge on any atom is 0.313 e. The van der Waals surface area contributed by atoms with Gasteiger partial charge in [-0.2, -0.15) is 0 Å². The predicted molar refractivity (Wildman–Crippen MR) is 67.4 cm³/mol. The van der Waals surface area contributed by atoms with Crippen LogP contribution in [0.3, 0.4) is 0 Å². The molecule has 5 heteroatoms. The van der Waals surface area contributed by atoms with E-state index in [1.165, 1.54) is 7.11 Å². The molecule has 0 aromatic heterocycles. The first-order chi connectivity index (χ1) is 9.13. The Bertz CT molecular complexity index is 554. The van der Waals surface area contributed by atoms with Crippen molar-refractivity contribution in [2.24, 2.45) is 0 Å². The monoisotopic (exact) mass is 261 g/mol. The second-order valence-corrected chi connectivity index (χ2v) is 4.98. The summed E-state index contributed by atoms with van der Waals surface area (Å²) >= 11 is 0. The third kappa shape index (κ3) is 1.69. The number of amides is 1. The van der Waals surface area contributed by atoms with Crippen molar-refractivity contribution in [3.05, 3.63) is 29.3 Å². The van der Waals surface area contributed by atoms with Gasteiger partial charge in [-0.15, -0.1) is 0 Å². The molecule has 1 amide bonds. The lowest BCUT2D eigenvalue weighted by atomic mass is 9.83. The highest BCUT2D eigenvalue weighted by Gasteiger charge is 2.45. The maximum atomic E-state index is 12.4. The van der Waals surface area contributed by atoms with Crippen molar-refractivity contribution in [1.29, 1.82) is 0 Å². The second-order valence-electron chi connectivity index (χ2n) is 4.98. The molecule has 1 fully saturated rings. The van der Waals surface area contributed by atoms with E-state index in [-0.39, 0.29) is 11.9 Å². The Kier molecular flexibility index (Phi) is 2.69. The van der Waals surface area contributed by atoms with Crippen LogP contribution in [0.4, 0.5) is 0 Å². The van der Waals surface area contributed by atoms with Gasteiger partial charge in [0.05, 0.1) is 7.11 Å². The number of methoxy groups -OCH3 is 1. The smallest absolute Gasteiger partial charge is 0.313 e. The zero-order valence-corrected chi connectivity index (χ0v) is 10.6. The molecule has 5 nitrogen and oxygen atoms in total. The number of carbonyl (C=O) groups excluding carboxylic acids is 1. The molecule has 1 aromatic carbocycles. The summed E-state index contributed by atoms with van der Waals surface area (Å²) in [6.07, 6.45) is 1.62. The molecule has 0 spiro atoms. The first-order valence-electron chi connectivity index (χ1n) is 6.35. The normalized spacial score (nSPS) is 24.9. The summed E-state index contributed by atoms with van der Waals surface area (Å²) in [4.78, 5) is 25.7. The molecule has 0 saturated carbocycles. The molecule has 0 aliphatic carbocycles. The Balaban J connectivity index is 2.16. The van der Waals surface area contributed by atoms with Crippen LogP contribution in [0, 0.1) is 0 Å². The Labute approximate surface area is 110 Å². The molecule has 0 bridgehead atoms.